The van der Waals surface area contributed by atoms with Crippen molar-refractivity contribution in [3.63, 3.8) is 0 Å². The number of nitrogens with zero attached hydrogens (tertiary/aromatic N) is 2. The standard InChI is InChI=1S/C36H39N3O3/c37-35(40)31-18-10-19-33(26-31)42-25-11-22-39(27-34(28-12-4-1-5-13-28)29-14-6-2-7-15-29)32-20-23-38(24-21-32)36(41)30-16-8-3-9-17-30/h1-10,12-19,26,32,34H,11,20-25,27H2,(H2,37,40). The summed E-state index contributed by atoms with van der Waals surface area (Å²) in [7, 11) is 0. The molecule has 5 rings (SSSR count). The Kier molecular flexibility index (Phi) is 10.0. The van der Waals surface area contributed by atoms with Crippen molar-refractivity contribution in [2.45, 2.75) is 31.2 Å². The minimum Gasteiger partial charge on any atom is -0.494 e. The third-order valence-corrected chi connectivity index (χ3v) is 8.09. The molecular weight excluding hydrogens is 522 g/mol. The number of rotatable bonds is 12. The predicted octanol–water partition coefficient (Wildman–Crippen LogP) is 5.99. The van der Waals surface area contributed by atoms with Crippen LogP contribution < -0.4 is 10.5 Å². The molecule has 4 aromatic carbocycles. The van der Waals surface area contributed by atoms with Crippen LogP contribution in [0.25, 0.3) is 0 Å². The highest BCUT2D eigenvalue weighted by molar-refractivity contribution is 5.94. The molecule has 0 saturated carbocycles. The molecular formula is C36H39N3O3. The van der Waals surface area contributed by atoms with Gasteiger partial charge in [-0.1, -0.05) is 84.9 Å². The summed E-state index contributed by atoms with van der Waals surface area (Å²) in [6, 6.07) is 38.4. The van der Waals surface area contributed by atoms with E-state index in [0.29, 0.717) is 24.0 Å². The van der Waals surface area contributed by atoms with Crippen molar-refractivity contribution in [1.29, 1.82) is 0 Å². The summed E-state index contributed by atoms with van der Waals surface area (Å²) >= 11 is 0. The van der Waals surface area contributed by atoms with Crippen molar-refractivity contribution in [2.75, 3.05) is 32.8 Å². The molecule has 0 radical (unpaired) electrons. The number of nitrogens with two attached hydrogens (primary N) is 1. The summed E-state index contributed by atoms with van der Waals surface area (Å²) in [6.45, 7) is 3.76. The molecule has 0 aliphatic carbocycles. The molecule has 1 aliphatic rings. The van der Waals surface area contributed by atoms with Crippen LogP contribution in [0.2, 0.25) is 0 Å². The Labute approximate surface area is 248 Å². The molecule has 0 bridgehead atoms. The summed E-state index contributed by atoms with van der Waals surface area (Å²) in [5, 5.41) is 0. The van der Waals surface area contributed by atoms with E-state index in [0.717, 1.165) is 51.0 Å². The Morgan fingerprint density at radius 1 is 0.786 bits per heavy atom. The van der Waals surface area contributed by atoms with E-state index in [1.54, 1.807) is 18.2 Å². The quantitative estimate of drug-likeness (QED) is 0.216. The van der Waals surface area contributed by atoms with Gasteiger partial charge in [-0.2, -0.15) is 0 Å². The van der Waals surface area contributed by atoms with E-state index in [1.807, 2.05) is 41.3 Å². The smallest absolute Gasteiger partial charge is 0.253 e. The van der Waals surface area contributed by atoms with Crippen molar-refractivity contribution in [1.82, 2.24) is 9.80 Å². The first-order valence-electron chi connectivity index (χ1n) is 14.8. The lowest BCUT2D eigenvalue weighted by Gasteiger charge is -2.40. The van der Waals surface area contributed by atoms with E-state index in [4.69, 9.17) is 10.5 Å². The van der Waals surface area contributed by atoms with Gasteiger partial charge < -0.3 is 15.4 Å². The first kappa shape index (κ1) is 29.1. The normalized spacial score (nSPS) is 13.8. The summed E-state index contributed by atoms with van der Waals surface area (Å²) < 4.78 is 6.02. The zero-order chi connectivity index (χ0) is 29.1. The molecule has 216 valence electrons. The number of ether oxygens (including phenoxy) is 1. The first-order valence-corrected chi connectivity index (χ1v) is 14.8. The van der Waals surface area contributed by atoms with Gasteiger partial charge in [0, 0.05) is 49.3 Å². The average Bonchev–Trinajstić information content (AvgIpc) is 3.05. The van der Waals surface area contributed by atoms with E-state index in [1.165, 1.54) is 11.1 Å². The fourth-order valence-electron chi connectivity index (χ4n) is 5.83. The molecule has 42 heavy (non-hydrogen) atoms. The third-order valence-electron chi connectivity index (χ3n) is 8.09. The topological polar surface area (TPSA) is 75.9 Å². The third kappa shape index (κ3) is 7.65. The minimum atomic E-state index is -0.462. The lowest BCUT2D eigenvalue weighted by molar-refractivity contribution is 0.0606. The van der Waals surface area contributed by atoms with Gasteiger partial charge in [0.2, 0.25) is 5.91 Å². The molecule has 6 nitrogen and oxygen atoms in total. The zero-order valence-electron chi connectivity index (χ0n) is 24.0. The van der Waals surface area contributed by atoms with E-state index in [-0.39, 0.29) is 11.8 Å². The molecule has 1 saturated heterocycles. The number of hydrogen-bond donors (Lipinski definition) is 1. The summed E-state index contributed by atoms with van der Waals surface area (Å²) in [5.74, 6) is 0.525. The maximum Gasteiger partial charge on any atom is 0.253 e. The number of carbonyl (C=O) groups excluding carboxylic acids is 2. The molecule has 4 aromatic rings. The van der Waals surface area contributed by atoms with Gasteiger partial charge in [0.05, 0.1) is 6.61 Å². The van der Waals surface area contributed by atoms with Crippen LogP contribution in [0, 0.1) is 0 Å². The second-order valence-electron chi connectivity index (χ2n) is 10.9. The highest BCUT2D eigenvalue weighted by atomic mass is 16.5. The molecule has 1 fully saturated rings. The highest BCUT2D eigenvalue weighted by Crippen LogP contribution is 2.29. The molecule has 0 atom stereocenters. The number of primary amides is 1. The van der Waals surface area contributed by atoms with Crippen LogP contribution in [0.1, 0.15) is 57.0 Å². The molecule has 0 spiro atoms. The minimum absolute atomic E-state index is 0.110. The predicted molar refractivity (Wildman–Crippen MR) is 167 cm³/mol. The van der Waals surface area contributed by atoms with Crippen LogP contribution in [0.3, 0.4) is 0 Å². The van der Waals surface area contributed by atoms with Crippen molar-refractivity contribution >= 4 is 11.8 Å². The SMILES string of the molecule is NC(=O)c1cccc(OCCCN(CC(c2ccccc2)c2ccccc2)C2CCN(C(=O)c3ccccc3)CC2)c1. The Morgan fingerprint density at radius 3 is 1.95 bits per heavy atom. The monoisotopic (exact) mass is 561 g/mol. The van der Waals surface area contributed by atoms with Gasteiger partial charge in [0.1, 0.15) is 5.75 Å². The van der Waals surface area contributed by atoms with Crippen molar-refractivity contribution < 1.29 is 14.3 Å². The van der Waals surface area contributed by atoms with Crippen LogP contribution in [0.4, 0.5) is 0 Å². The Hall–Kier alpha value is -4.42. The fraction of sp³-hybridized carbons (Fsp3) is 0.278. The van der Waals surface area contributed by atoms with Gasteiger partial charge >= 0.3 is 0 Å². The van der Waals surface area contributed by atoms with Gasteiger partial charge in [0.25, 0.3) is 5.91 Å². The lowest BCUT2D eigenvalue weighted by Crippen LogP contribution is -2.48. The average molecular weight is 562 g/mol. The first-order chi connectivity index (χ1) is 20.6. The van der Waals surface area contributed by atoms with E-state index in [2.05, 4.69) is 65.6 Å². The molecule has 2 N–H and O–H groups in total. The van der Waals surface area contributed by atoms with E-state index < -0.39 is 5.91 Å². The molecule has 6 heteroatoms. The molecule has 0 aromatic heterocycles. The van der Waals surface area contributed by atoms with Crippen molar-refractivity contribution in [2.24, 2.45) is 5.73 Å². The maximum absolute atomic E-state index is 13.1. The van der Waals surface area contributed by atoms with Gasteiger partial charge in [-0.3, -0.25) is 14.5 Å². The van der Waals surface area contributed by atoms with E-state index >= 15 is 0 Å². The van der Waals surface area contributed by atoms with Gasteiger partial charge in [-0.05, 0) is 60.7 Å². The highest BCUT2D eigenvalue weighted by Gasteiger charge is 2.29. The Bertz CT molecular complexity index is 1380. The number of likely N-dealkylation sites (tertiary alicyclic amines) is 1. The van der Waals surface area contributed by atoms with E-state index in [9.17, 15) is 9.59 Å². The van der Waals surface area contributed by atoms with Crippen molar-refractivity contribution in [3.8, 4) is 5.75 Å². The largest absolute Gasteiger partial charge is 0.494 e. The van der Waals surface area contributed by atoms with Gasteiger partial charge in [0.15, 0.2) is 0 Å². The van der Waals surface area contributed by atoms with Crippen LogP contribution in [-0.2, 0) is 0 Å². The molecule has 1 aliphatic heterocycles. The molecule has 0 unspecified atom stereocenters. The van der Waals surface area contributed by atoms with Crippen LogP contribution >= 0.6 is 0 Å². The number of benzene rings is 4. The number of hydrogen-bond acceptors (Lipinski definition) is 4. The van der Waals surface area contributed by atoms with Crippen LogP contribution in [0.15, 0.2) is 115 Å². The van der Waals surface area contributed by atoms with Crippen LogP contribution in [-0.4, -0.2) is 60.4 Å². The molecule has 1 heterocycles. The lowest BCUT2D eigenvalue weighted by atomic mass is 9.89. The number of amides is 2. The number of piperidine rings is 1. The Balaban J connectivity index is 1.29. The summed E-state index contributed by atoms with van der Waals surface area (Å²) in [5.41, 5.74) is 9.22. The summed E-state index contributed by atoms with van der Waals surface area (Å²) in [4.78, 5) is 29.3. The molecule has 2 amide bonds. The second-order valence-corrected chi connectivity index (χ2v) is 10.9. The zero-order valence-corrected chi connectivity index (χ0v) is 24.0. The summed E-state index contributed by atoms with van der Waals surface area (Å²) in [6.07, 6.45) is 2.69. The maximum atomic E-state index is 13.1. The number of carbonyl (C=O) groups is 2. The second kappa shape index (κ2) is 14.5. The van der Waals surface area contributed by atoms with Gasteiger partial charge in [-0.15, -0.1) is 0 Å². The van der Waals surface area contributed by atoms with Crippen LogP contribution in [0.5, 0.6) is 5.75 Å². The van der Waals surface area contributed by atoms with Crippen molar-refractivity contribution in [3.05, 3.63) is 138 Å². The Morgan fingerprint density at radius 2 is 1.36 bits per heavy atom. The fourth-order valence-corrected chi connectivity index (χ4v) is 5.83. The van der Waals surface area contributed by atoms with Gasteiger partial charge in [-0.25, -0.2) is 0 Å².